The molecular weight excluding hydrogens is 222 g/mol. The number of methoxy groups -OCH3 is 1. The van der Waals surface area contributed by atoms with E-state index in [1.807, 2.05) is 0 Å². The van der Waals surface area contributed by atoms with Crippen molar-refractivity contribution in [1.82, 2.24) is 5.32 Å². The third-order valence-electron chi connectivity index (χ3n) is 4.12. The highest BCUT2D eigenvalue weighted by atomic mass is 16.5. The van der Waals surface area contributed by atoms with Crippen LogP contribution in [0.15, 0.2) is 18.2 Å². The summed E-state index contributed by atoms with van der Waals surface area (Å²) < 4.78 is 5.49. The highest BCUT2D eigenvalue weighted by Gasteiger charge is 2.22. The molecule has 1 atom stereocenters. The monoisotopic (exact) mass is 247 g/mol. The van der Waals surface area contributed by atoms with E-state index in [0.717, 1.165) is 12.2 Å². The predicted molar refractivity (Wildman–Crippen MR) is 76.3 cm³/mol. The van der Waals surface area contributed by atoms with Gasteiger partial charge in [0.05, 0.1) is 7.11 Å². The molecule has 1 N–H and O–H groups in total. The van der Waals surface area contributed by atoms with Gasteiger partial charge in [-0.1, -0.05) is 26.0 Å². The van der Waals surface area contributed by atoms with Crippen LogP contribution < -0.4 is 10.1 Å². The highest BCUT2D eigenvalue weighted by Crippen LogP contribution is 2.29. The Morgan fingerprint density at radius 2 is 2.11 bits per heavy atom. The van der Waals surface area contributed by atoms with E-state index >= 15 is 0 Å². The zero-order chi connectivity index (χ0) is 13.0. The smallest absolute Gasteiger partial charge is 0.122 e. The molecule has 2 nitrogen and oxygen atoms in total. The molecular formula is C16H25NO. The molecule has 0 aromatic heterocycles. The van der Waals surface area contributed by atoms with Gasteiger partial charge >= 0.3 is 0 Å². The third-order valence-corrected chi connectivity index (χ3v) is 4.12. The van der Waals surface area contributed by atoms with Crippen molar-refractivity contribution in [3.8, 4) is 5.75 Å². The Balaban J connectivity index is 2.09. The Hall–Kier alpha value is -1.02. The molecule has 0 heterocycles. The molecule has 0 aliphatic heterocycles. The first-order valence-corrected chi connectivity index (χ1v) is 7.19. The average molecular weight is 247 g/mol. The zero-order valence-electron chi connectivity index (χ0n) is 11.8. The van der Waals surface area contributed by atoms with E-state index in [4.69, 9.17) is 4.74 Å². The van der Waals surface area contributed by atoms with E-state index in [1.165, 1.54) is 36.8 Å². The zero-order valence-corrected chi connectivity index (χ0v) is 11.8. The Bertz CT molecular complexity index is 370. The van der Waals surface area contributed by atoms with Crippen molar-refractivity contribution in [3.05, 3.63) is 29.3 Å². The van der Waals surface area contributed by atoms with Crippen LogP contribution >= 0.6 is 0 Å². The Morgan fingerprint density at radius 1 is 1.33 bits per heavy atom. The number of hydrogen-bond donors (Lipinski definition) is 1. The standard InChI is InChI=1S/C16H25NO/c1-4-13(5-2)17-14-10-9-12-7-6-8-16(18-3)15(12)11-14/h6-8,13-14,17H,4-5,9-11H2,1-3H3. The van der Waals surface area contributed by atoms with Crippen LogP contribution in [-0.2, 0) is 12.8 Å². The van der Waals surface area contributed by atoms with Gasteiger partial charge in [-0.3, -0.25) is 0 Å². The number of fused-ring (bicyclic) bond motifs is 1. The molecule has 1 aliphatic carbocycles. The van der Waals surface area contributed by atoms with Crippen molar-refractivity contribution in [2.45, 2.75) is 58.0 Å². The normalized spacial score (nSPS) is 18.8. The van der Waals surface area contributed by atoms with Gasteiger partial charge in [-0.05, 0) is 49.3 Å². The van der Waals surface area contributed by atoms with Crippen LogP contribution in [0.25, 0.3) is 0 Å². The minimum atomic E-state index is 0.610. The summed E-state index contributed by atoms with van der Waals surface area (Å²) in [5.41, 5.74) is 2.88. The van der Waals surface area contributed by atoms with E-state index < -0.39 is 0 Å². The first kappa shape index (κ1) is 13.4. The molecule has 0 spiro atoms. The summed E-state index contributed by atoms with van der Waals surface area (Å²) in [4.78, 5) is 0. The predicted octanol–water partition coefficient (Wildman–Crippen LogP) is 3.33. The number of hydrogen-bond acceptors (Lipinski definition) is 2. The van der Waals surface area contributed by atoms with Gasteiger partial charge in [-0.15, -0.1) is 0 Å². The van der Waals surface area contributed by atoms with Gasteiger partial charge in [-0.25, -0.2) is 0 Å². The molecule has 18 heavy (non-hydrogen) atoms. The lowest BCUT2D eigenvalue weighted by Gasteiger charge is -2.30. The van der Waals surface area contributed by atoms with Crippen LogP contribution in [0.2, 0.25) is 0 Å². The molecule has 0 saturated heterocycles. The Labute approximate surface area is 111 Å². The van der Waals surface area contributed by atoms with Gasteiger partial charge in [0.1, 0.15) is 5.75 Å². The fraction of sp³-hybridized carbons (Fsp3) is 0.625. The van der Waals surface area contributed by atoms with Gasteiger partial charge < -0.3 is 10.1 Å². The van der Waals surface area contributed by atoms with E-state index in [9.17, 15) is 0 Å². The lowest BCUT2D eigenvalue weighted by atomic mass is 9.87. The van der Waals surface area contributed by atoms with E-state index in [1.54, 1.807) is 7.11 Å². The number of aryl methyl sites for hydroxylation is 1. The minimum Gasteiger partial charge on any atom is -0.496 e. The van der Waals surface area contributed by atoms with Gasteiger partial charge in [0.25, 0.3) is 0 Å². The van der Waals surface area contributed by atoms with Crippen molar-refractivity contribution >= 4 is 0 Å². The first-order chi connectivity index (χ1) is 8.78. The summed E-state index contributed by atoms with van der Waals surface area (Å²) in [7, 11) is 1.77. The van der Waals surface area contributed by atoms with Crippen LogP contribution in [0, 0.1) is 0 Å². The summed E-state index contributed by atoms with van der Waals surface area (Å²) in [6, 6.07) is 7.69. The number of rotatable bonds is 5. The van der Waals surface area contributed by atoms with Gasteiger partial charge in [0, 0.05) is 12.1 Å². The molecule has 100 valence electrons. The minimum absolute atomic E-state index is 0.610. The number of ether oxygens (including phenoxy) is 1. The SMILES string of the molecule is CCC(CC)NC1CCc2cccc(OC)c2C1. The summed E-state index contributed by atoms with van der Waals surface area (Å²) >= 11 is 0. The van der Waals surface area contributed by atoms with Crippen molar-refractivity contribution < 1.29 is 4.74 Å². The van der Waals surface area contributed by atoms with Crippen LogP contribution in [0.5, 0.6) is 5.75 Å². The molecule has 0 radical (unpaired) electrons. The van der Waals surface area contributed by atoms with Crippen LogP contribution in [0.3, 0.4) is 0 Å². The Kier molecular flexibility index (Phi) is 4.65. The van der Waals surface area contributed by atoms with Gasteiger partial charge in [0.2, 0.25) is 0 Å². The lowest BCUT2D eigenvalue weighted by molar-refractivity contribution is 0.364. The van der Waals surface area contributed by atoms with Crippen LogP contribution in [0.1, 0.15) is 44.2 Å². The first-order valence-electron chi connectivity index (χ1n) is 7.19. The number of benzene rings is 1. The molecule has 1 aromatic rings. The fourth-order valence-electron chi connectivity index (χ4n) is 2.95. The van der Waals surface area contributed by atoms with Gasteiger partial charge in [-0.2, -0.15) is 0 Å². The molecule has 1 aromatic carbocycles. The highest BCUT2D eigenvalue weighted by molar-refractivity contribution is 5.42. The van der Waals surface area contributed by atoms with Crippen molar-refractivity contribution in [1.29, 1.82) is 0 Å². The maximum absolute atomic E-state index is 5.49. The second-order valence-electron chi connectivity index (χ2n) is 5.22. The van der Waals surface area contributed by atoms with E-state index in [-0.39, 0.29) is 0 Å². The fourth-order valence-corrected chi connectivity index (χ4v) is 2.95. The molecule has 0 bridgehead atoms. The summed E-state index contributed by atoms with van der Waals surface area (Å²) in [6.45, 7) is 4.52. The maximum Gasteiger partial charge on any atom is 0.122 e. The van der Waals surface area contributed by atoms with Crippen molar-refractivity contribution in [3.63, 3.8) is 0 Å². The third kappa shape index (κ3) is 2.86. The second kappa shape index (κ2) is 6.24. The molecule has 1 unspecified atom stereocenters. The van der Waals surface area contributed by atoms with Crippen molar-refractivity contribution in [2.75, 3.05) is 7.11 Å². The topological polar surface area (TPSA) is 21.3 Å². The molecule has 2 heteroatoms. The summed E-state index contributed by atoms with van der Waals surface area (Å²) in [5, 5.41) is 3.79. The van der Waals surface area contributed by atoms with Crippen LogP contribution in [0.4, 0.5) is 0 Å². The average Bonchev–Trinajstić information content (AvgIpc) is 2.43. The van der Waals surface area contributed by atoms with Crippen molar-refractivity contribution in [2.24, 2.45) is 0 Å². The number of nitrogens with one attached hydrogen (secondary N) is 1. The quantitative estimate of drug-likeness (QED) is 0.861. The maximum atomic E-state index is 5.49. The molecule has 2 rings (SSSR count). The molecule has 1 aliphatic rings. The second-order valence-corrected chi connectivity index (χ2v) is 5.22. The largest absolute Gasteiger partial charge is 0.496 e. The Morgan fingerprint density at radius 3 is 2.78 bits per heavy atom. The van der Waals surface area contributed by atoms with Crippen LogP contribution in [-0.4, -0.2) is 19.2 Å². The van der Waals surface area contributed by atoms with E-state index in [2.05, 4.69) is 37.4 Å². The lowest BCUT2D eigenvalue weighted by Crippen LogP contribution is -2.41. The summed E-state index contributed by atoms with van der Waals surface area (Å²) in [5.74, 6) is 1.06. The van der Waals surface area contributed by atoms with Gasteiger partial charge in [0.15, 0.2) is 0 Å². The van der Waals surface area contributed by atoms with E-state index in [0.29, 0.717) is 12.1 Å². The molecule has 0 fully saturated rings. The summed E-state index contributed by atoms with van der Waals surface area (Å²) in [6.07, 6.45) is 5.95. The molecule has 0 saturated carbocycles. The molecule has 0 amide bonds.